The number of hydrogen-bond donors (Lipinski definition) is 4. The van der Waals surface area contributed by atoms with Gasteiger partial charge < -0.3 is 25.4 Å². The molecular formula is C30H35N3O5S. The van der Waals surface area contributed by atoms with E-state index in [1.807, 2.05) is 78.9 Å². The van der Waals surface area contributed by atoms with Crippen LogP contribution in [0, 0.1) is 0 Å². The minimum absolute atomic E-state index is 0.258. The summed E-state index contributed by atoms with van der Waals surface area (Å²) in [6.07, 6.45) is 1.34. The number of thiol groups is 1. The van der Waals surface area contributed by atoms with Gasteiger partial charge in [0.1, 0.15) is 11.5 Å². The van der Waals surface area contributed by atoms with E-state index in [0.29, 0.717) is 30.8 Å². The summed E-state index contributed by atoms with van der Waals surface area (Å²) in [7, 11) is 3.17. The molecule has 0 bridgehead atoms. The summed E-state index contributed by atoms with van der Waals surface area (Å²) in [5.74, 6) is -0.289. The Kier molecular flexibility index (Phi) is 11.7. The molecule has 0 saturated heterocycles. The van der Waals surface area contributed by atoms with Gasteiger partial charge in [0.05, 0.1) is 19.5 Å². The Bertz CT molecular complexity index is 1170. The van der Waals surface area contributed by atoms with Gasteiger partial charge in [-0.3, -0.25) is 14.4 Å². The molecule has 0 unspecified atom stereocenters. The summed E-state index contributed by atoms with van der Waals surface area (Å²) in [6.45, 7) is 0.517. The molecule has 0 aromatic heterocycles. The molecule has 9 heteroatoms. The van der Waals surface area contributed by atoms with Crippen molar-refractivity contribution in [3.63, 3.8) is 0 Å². The lowest BCUT2D eigenvalue weighted by Gasteiger charge is -2.20. The molecule has 0 radical (unpaired) electrons. The first-order chi connectivity index (χ1) is 18.9. The number of nitrogens with one attached hydrogen (secondary N) is 3. The normalized spacial score (nSPS) is 11.4. The Morgan fingerprint density at radius 2 is 1.15 bits per heavy atom. The summed E-state index contributed by atoms with van der Waals surface area (Å²) in [5, 5.41) is 7.39. The van der Waals surface area contributed by atoms with Crippen LogP contribution in [0.3, 0.4) is 0 Å². The van der Waals surface area contributed by atoms with E-state index < -0.39 is 29.0 Å². The average Bonchev–Trinajstić information content (AvgIpc) is 2.96. The van der Waals surface area contributed by atoms with Crippen LogP contribution in [0.1, 0.15) is 16.7 Å². The van der Waals surface area contributed by atoms with Gasteiger partial charge in [-0.15, -0.1) is 0 Å². The van der Waals surface area contributed by atoms with Crippen molar-refractivity contribution >= 4 is 30.4 Å². The monoisotopic (exact) mass is 549 g/mol. The number of ether oxygens (including phenoxy) is 2. The fourth-order valence-corrected chi connectivity index (χ4v) is 4.37. The van der Waals surface area contributed by atoms with E-state index in [-0.39, 0.29) is 13.1 Å². The number of hydrogen-bond acceptors (Lipinski definition) is 6. The molecule has 3 amide bonds. The van der Waals surface area contributed by atoms with E-state index in [2.05, 4.69) is 28.6 Å². The fraction of sp³-hybridized carbons (Fsp3) is 0.300. The Morgan fingerprint density at radius 1 is 0.692 bits per heavy atom. The van der Waals surface area contributed by atoms with Crippen LogP contribution in [0.5, 0.6) is 11.5 Å². The number of para-hydroxylation sites is 2. The molecule has 3 aromatic carbocycles. The Hall–Kier alpha value is -3.98. The van der Waals surface area contributed by atoms with Crippen LogP contribution in [0.4, 0.5) is 0 Å². The number of methoxy groups -OCH3 is 2. The van der Waals surface area contributed by atoms with E-state index in [4.69, 9.17) is 9.47 Å². The Labute approximate surface area is 234 Å². The van der Waals surface area contributed by atoms with Gasteiger partial charge in [0.25, 0.3) is 11.8 Å². The molecule has 8 nitrogen and oxygen atoms in total. The second-order valence-corrected chi connectivity index (χ2v) is 9.48. The summed E-state index contributed by atoms with van der Waals surface area (Å²) in [6, 6.07) is 23.0. The van der Waals surface area contributed by atoms with Crippen LogP contribution in [0.2, 0.25) is 0 Å². The predicted octanol–water partition coefficient (Wildman–Crippen LogP) is 2.75. The van der Waals surface area contributed by atoms with E-state index in [1.54, 1.807) is 14.2 Å². The van der Waals surface area contributed by atoms with E-state index in [1.165, 1.54) is 0 Å². The first-order valence-electron chi connectivity index (χ1n) is 12.7. The largest absolute Gasteiger partial charge is 0.496 e. The highest BCUT2D eigenvalue weighted by Crippen LogP contribution is 2.18. The van der Waals surface area contributed by atoms with Gasteiger partial charge in [0.15, 0.2) is 6.04 Å². The smallest absolute Gasteiger partial charge is 0.252 e. The van der Waals surface area contributed by atoms with Crippen molar-refractivity contribution in [3.8, 4) is 11.5 Å². The van der Waals surface area contributed by atoms with Gasteiger partial charge in [-0.2, -0.15) is 12.6 Å². The molecule has 3 aromatic rings. The van der Waals surface area contributed by atoms with E-state index >= 15 is 0 Å². The third-order valence-corrected chi connectivity index (χ3v) is 6.57. The first kappa shape index (κ1) is 29.6. The second kappa shape index (κ2) is 15.4. The fourth-order valence-electron chi connectivity index (χ4n) is 4.08. The minimum atomic E-state index is -1.42. The molecule has 0 aliphatic carbocycles. The van der Waals surface area contributed by atoms with Crippen molar-refractivity contribution in [1.82, 2.24) is 16.0 Å². The molecule has 3 rings (SSSR count). The van der Waals surface area contributed by atoms with Crippen LogP contribution < -0.4 is 25.4 Å². The standard InChI is InChI=1S/C30H35N3O5S/c1-37-24-14-8-6-12-22(24)16-18-31-29(35)27(33-28(34)26(39)20-21-10-4-3-5-11-21)30(36)32-19-17-23-13-7-9-15-25(23)38-2/h3-15,26-27,39H,16-20H2,1-2H3,(H,31,35)(H,32,36)(H,33,34)/t26-/m0/s1. The number of benzene rings is 3. The van der Waals surface area contributed by atoms with Gasteiger partial charge in [0, 0.05) is 13.1 Å². The third kappa shape index (κ3) is 9.07. The third-order valence-electron chi connectivity index (χ3n) is 6.16. The molecular weight excluding hydrogens is 514 g/mol. The quantitative estimate of drug-likeness (QED) is 0.183. The molecule has 3 N–H and O–H groups in total. The minimum Gasteiger partial charge on any atom is -0.496 e. The van der Waals surface area contributed by atoms with Crippen molar-refractivity contribution in [2.75, 3.05) is 27.3 Å². The van der Waals surface area contributed by atoms with Crippen molar-refractivity contribution < 1.29 is 23.9 Å². The lowest BCUT2D eigenvalue weighted by Crippen LogP contribution is -2.57. The first-order valence-corrected chi connectivity index (χ1v) is 13.3. The number of amides is 3. The number of carbonyl (C=O) groups excluding carboxylic acids is 3. The van der Waals surface area contributed by atoms with Crippen molar-refractivity contribution in [2.45, 2.75) is 30.6 Å². The topological polar surface area (TPSA) is 106 Å². The predicted molar refractivity (Wildman–Crippen MR) is 154 cm³/mol. The SMILES string of the molecule is COc1ccccc1CCNC(=O)C(NC(=O)[C@@H](S)Cc1ccccc1)C(=O)NCCc1ccccc1OC. The molecule has 39 heavy (non-hydrogen) atoms. The van der Waals surface area contributed by atoms with Crippen LogP contribution in [-0.4, -0.2) is 56.3 Å². The van der Waals surface area contributed by atoms with Gasteiger partial charge >= 0.3 is 0 Å². The van der Waals surface area contributed by atoms with Crippen molar-refractivity contribution in [3.05, 3.63) is 95.6 Å². The molecule has 1 atom stereocenters. The molecule has 0 fully saturated rings. The van der Waals surface area contributed by atoms with Gasteiger partial charge in [-0.1, -0.05) is 66.7 Å². The van der Waals surface area contributed by atoms with Crippen LogP contribution in [0.15, 0.2) is 78.9 Å². The lowest BCUT2D eigenvalue weighted by atomic mass is 10.1. The van der Waals surface area contributed by atoms with Crippen LogP contribution >= 0.6 is 12.6 Å². The van der Waals surface area contributed by atoms with E-state index in [0.717, 1.165) is 16.7 Å². The molecule has 206 valence electrons. The second-order valence-electron chi connectivity index (χ2n) is 8.85. The maximum atomic E-state index is 13.1. The van der Waals surface area contributed by atoms with Gasteiger partial charge in [-0.05, 0) is 48.1 Å². The number of rotatable bonds is 14. The summed E-state index contributed by atoms with van der Waals surface area (Å²) in [5.41, 5.74) is 2.76. The molecule has 0 spiro atoms. The summed E-state index contributed by atoms with van der Waals surface area (Å²) in [4.78, 5) is 39.2. The van der Waals surface area contributed by atoms with E-state index in [9.17, 15) is 14.4 Å². The van der Waals surface area contributed by atoms with Crippen molar-refractivity contribution in [2.24, 2.45) is 0 Å². The Balaban J connectivity index is 1.64. The molecule has 0 saturated carbocycles. The molecule has 0 aliphatic rings. The summed E-state index contributed by atoms with van der Waals surface area (Å²) >= 11 is 4.43. The zero-order valence-corrected chi connectivity index (χ0v) is 23.1. The maximum absolute atomic E-state index is 13.1. The number of carbonyl (C=O) groups is 3. The average molecular weight is 550 g/mol. The Morgan fingerprint density at radius 3 is 1.64 bits per heavy atom. The summed E-state index contributed by atoms with van der Waals surface area (Å²) < 4.78 is 10.7. The van der Waals surface area contributed by atoms with Gasteiger partial charge in [0.2, 0.25) is 5.91 Å². The van der Waals surface area contributed by atoms with Gasteiger partial charge in [-0.25, -0.2) is 0 Å². The van der Waals surface area contributed by atoms with Crippen molar-refractivity contribution in [1.29, 1.82) is 0 Å². The highest BCUT2D eigenvalue weighted by Gasteiger charge is 2.30. The lowest BCUT2D eigenvalue weighted by molar-refractivity contribution is -0.136. The highest BCUT2D eigenvalue weighted by molar-refractivity contribution is 7.81. The molecule has 0 aliphatic heterocycles. The highest BCUT2D eigenvalue weighted by atomic mass is 32.1. The van der Waals surface area contributed by atoms with Crippen LogP contribution in [0.25, 0.3) is 0 Å². The zero-order chi connectivity index (χ0) is 28.0. The zero-order valence-electron chi connectivity index (χ0n) is 22.2. The maximum Gasteiger partial charge on any atom is 0.252 e. The molecule has 0 heterocycles. The van der Waals surface area contributed by atoms with Crippen LogP contribution in [-0.2, 0) is 33.6 Å².